The first kappa shape index (κ1) is 20.9. The van der Waals surface area contributed by atoms with E-state index >= 15 is 0 Å². The van der Waals surface area contributed by atoms with Crippen molar-refractivity contribution in [2.24, 2.45) is 5.92 Å². The SMILES string of the molecule is C[C@@]12CNCCN1C(=O)N(OC(=O)N1CCC(CCc3ccc(Cl)cc3)CC1)C2=O. The van der Waals surface area contributed by atoms with Crippen molar-refractivity contribution >= 4 is 29.6 Å². The maximum atomic E-state index is 12.7. The Morgan fingerprint density at radius 1 is 1.20 bits per heavy atom. The topological polar surface area (TPSA) is 82.2 Å². The standard InChI is InChI=1S/C21H27ClN4O4/c1-21-14-23-10-13-25(21)19(28)26(18(21)27)30-20(29)24-11-8-16(9-12-24)3-2-15-4-6-17(22)7-5-15/h4-7,16,23H,2-3,8-14H2,1H3/t21-/m0/s1. The molecule has 3 aliphatic rings. The van der Waals surface area contributed by atoms with Crippen LogP contribution in [-0.2, 0) is 16.1 Å². The number of urea groups is 1. The van der Waals surface area contributed by atoms with E-state index in [0.29, 0.717) is 43.7 Å². The van der Waals surface area contributed by atoms with Gasteiger partial charge in [0.05, 0.1) is 0 Å². The molecule has 0 unspecified atom stereocenters. The van der Waals surface area contributed by atoms with Crippen LogP contribution in [0.15, 0.2) is 24.3 Å². The lowest BCUT2D eigenvalue weighted by atomic mass is 9.91. The van der Waals surface area contributed by atoms with Gasteiger partial charge in [0, 0.05) is 37.7 Å². The van der Waals surface area contributed by atoms with Crippen molar-refractivity contribution in [2.45, 2.75) is 38.1 Å². The van der Waals surface area contributed by atoms with Gasteiger partial charge in [-0.05, 0) is 56.2 Å². The molecule has 1 aromatic rings. The third-order valence-electron chi connectivity index (χ3n) is 6.42. The summed E-state index contributed by atoms with van der Waals surface area (Å²) in [6, 6.07) is 7.33. The number of aryl methyl sites for hydroxylation is 1. The molecule has 0 bridgehead atoms. The summed E-state index contributed by atoms with van der Waals surface area (Å²) >= 11 is 5.93. The molecule has 1 atom stereocenters. The van der Waals surface area contributed by atoms with Gasteiger partial charge >= 0.3 is 12.1 Å². The number of piperazine rings is 1. The van der Waals surface area contributed by atoms with E-state index in [2.05, 4.69) is 5.32 Å². The third-order valence-corrected chi connectivity index (χ3v) is 6.68. The van der Waals surface area contributed by atoms with E-state index in [1.54, 1.807) is 11.8 Å². The number of amides is 4. The van der Waals surface area contributed by atoms with E-state index < -0.39 is 23.6 Å². The summed E-state index contributed by atoms with van der Waals surface area (Å²) in [5.74, 6) is 0.0321. The average Bonchev–Trinajstić information content (AvgIpc) is 2.94. The molecule has 0 aliphatic carbocycles. The molecule has 3 fully saturated rings. The number of imide groups is 1. The minimum absolute atomic E-state index is 0.352. The Kier molecular flexibility index (Phi) is 5.88. The van der Waals surface area contributed by atoms with Crippen LogP contribution in [0, 0.1) is 5.92 Å². The number of hydroxylamine groups is 2. The molecular formula is C21H27ClN4O4. The van der Waals surface area contributed by atoms with Crippen LogP contribution in [0.25, 0.3) is 0 Å². The number of carbonyl (C=O) groups is 3. The number of nitrogens with zero attached hydrogens (tertiary/aromatic N) is 3. The maximum absolute atomic E-state index is 12.7. The summed E-state index contributed by atoms with van der Waals surface area (Å²) in [7, 11) is 0. The van der Waals surface area contributed by atoms with E-state index in [9.17, 15) is 14.4 Å². The van der Waals surface area contributed by atoms with Crippen LogP contribution >= 0.6 is 11.6 Å². The predicted molar refractivity (Wildman–Crippen MR) is 111 cm³/mol. The second-order valence-electron chi connectivity index (χ2n) is 8.44. The number of nitrogens with one attached hydrogen (secondary N) is 1. The number of fused-ring (bicyclic) bond motifs is 1. The molecule has 1 N–H and O–H groups in total. The first-order valence-electron chi connectivity index (χ1n) is 10.5. The van der Waals surface area contributed by atoms with Gasteiger partial charge in [0.15, 0.2) is 0 Å². The zero-order valence-electron chi connectivity index (χ0n) is 17.1. The Labute approximate surface area is 181 Å². The number of hydrogen-bond donors (Lipinski definition) is 1. The Morgan fingerprint density at radius 3 is 2.57 bits per heavy atom. The highest BCUT2D eigenvalue weighted by Gasteiger charge is 2.57. The second kappa shape index (κ2) is 8.43. The lowest BCUT2D eigenvalue weighted by Crippen LogP contribution is -2.60. The smallest absolute Gasteiger partial charge is 0.312 e. The molecule has 4 amide bonds. The van der Waals surface area contributed by atoms with Crippen LogP contribution in [0.3, 0.4) is 0 Å². The van der Waals surface area contributed by atoms with Crippen LogP contribution in [0.1, 0.15) is 31.7 Å². The second-order valence-corrected chi connectivity index (χ2v) is 8.87. The molecule has 0 spiro atoms. The number of halogens is 1. The van der Waals surface area contributed by atoms with E-state index in [1.165, 1.54) is 10.5 Å². The van der Waals surface area contributed by atoms with Crippen molar-refractivity contribution in [2.75, 3.05) is 32.7 Å². The van der Waals surface area contributed by atoms with E-state index in [4.69, 9.17) is 16.4 Å². The van der Waals surface area contributed by atoms with Crippen molar-refractivity contribution < 1.29 is 19.2 Å². The van der Waals surface area contributed by atoms with Crippen LogP contribution < -0.4 is 5.32 Å². The molecule has 0 radical (unpaired) electrons. The number of benzene rings is 1. The number of piperidine rings is 1. The molecule has 162 valence electrons. The highest BCUT2D eigenvalue weighted by Crippen LogP contribution is 2.30. The number of rotatable bonds is 4. The number of likely N-dealkylation sites (tertiary alicyclic amines) is 1. The molecule has 3 saturated heterocycles. The third kappa shape index (κ3) is 3.98. The molecule has 1 aromatic carbocycles. The van der Waals surface area contributed by atoms with E-state index in [-0.39, 0.29) is 0 Å². The van der Waals surface area contributed by atoms with Gasteiger partial charge in [-0.1, -0.05) is 28.8 Å². The zero-order chi connectivity index (χ0) is 21.3. The van der Waals surface area contributed by atoms with Crippen molar-refractivity contribution in [3.8, 4) is 0 Å². The van der Waals surface area contributed by atoms with Crippen LogP contribution in [-0.4, -0.2) is 71.2 Å². The Morgan fingerprint density at radius 2 is 1.90 bits per heavy atom. The summed E-state index contributed by atoms with van der Waals surface area (Å²) in [4.78, 5) is 46.2. The molecule has 0 saturated carbocycles. The first-order valence-corrected chi connectivity index (χ1v) is 10.8. The molecule has 3 heterocycles. The fraction of sp³-hybridized carbons (Fsp3) is 0.571. The number of hydrogen-bond acceptors (Lipinski definition) is 5. The summed E-state index contributed by atoms with van der Waals surface area (Å²) in [5, 5.41) is 4.50. The molecule has 8 nitrogen and oxygen atoms in total. The normalized spacial score (nSPS) is 24.9. The average molecular weight is 435 g/mol. The lowest BCUT2D eigenvalue weighted by molar-refractivity contribution is -0.155. The molecule has 3 aliphatic heterocycles. The summed E-state index contributed by atoms with van der Waals surface area (Å²) in [6.45, 7) is 4.18. The van der Waals surface area contributed by atoms with Gasteiger partial charge in [0.25, 0.3) is 5.91 Å². The van der Waals surface area contributed by atoms with Crippen LogP contribution in [0.5, 0.6) is 0 Å². The van der Waals surface area contributed by atoms with Crippen molar-refractivity contribution in [1.82, 2.24) is 20.2 Å². The Bertz CT molecular complexity index is 825. The minimum atomic E-state index is -0.996. The Balaban J connectivity index is 1.27. The van der Waals surface area contributed by atoms with Gasteiger partial charge < -0.3 is 20.0 Å². The molecular weight excluding hydrogens is 408 g/mol. The highest BCUT2D eigenvalue weighted by atomic mass is 35.5. The van der Waals surface area contributed by atoms with Gasteiger partial charge in [0.1, 0.15) is 5.54 Å². The molecule has 30 heavy (non-hydrogen) atoms. The highest BCUT2D eigenvalue weighted by molar-refractivity contribution is 6.30. The van der Waals surface area contributed by atoms with E-state index in [0.717, 1.165) is 30.7 Å². The van der Waals surface area contributed by atoms with Crippen molar-refractivity contribution in [3.63, 3.8) is 0 Å². The van der Waals surface area contributed by atoms with E-state index in [1.807, 2.05) is 24.3 Å². The van der Waals surface area contributed by atoms with Crippen LogP contribution in [0.2, 0.25) is 5.02 Å². The van der Waals surface area contributed by atoms with Gasteiger partial charge in [-0.25, -0.2) is 9.59 Å². The lowest BCUT2D eigenvalue weighted by Gasteiger charge is -2.35. The van der Waals surface area contributed by atoms with Crippen molar-refractivity contribution in [1.29, 1.82) is 0 Å². The zero-order valence-corrected chi connectivity index (χ0v) is 17.9. The molecule has 9 heteroatoms. The quantitative estimate of drug-likeness (QED) is 0.737. The fourth-order valence-corrected chi connectivity index (χ4v) is 4.55. The van der Waals surface area contributed by atoms with Crippen molar-refractivity contribution in [3.05, 3.63) is 34.9 Å². The molecule has 4 rings (SSSR count). The van der Waals surface area contributed by atoms with Gasteiger partial charge in [-0.3, -0.25) is 4.79 Å². The van der Waals surface area contributed by atoms with Gasteiger partial charge in [0.2, 0.25) is 0 Å². The largest absolute Gasteiger partial charge is 0.434 e. The summed E-state index contributed by atoms with van der Waals surface area (Å²) < 4.78 is 0. The van der Waals surface area contributed by atoms with Gasteiger partial charge in [-0.15, -0.1) is 0 Å². The predicted octanol–water partition coefficient (Wildman–Crippen LogP) is 2.66. The summed E-state index contributed by atoms with van der Waals surface area (Å²) in [6.07, 6.45) is 3.14. The monoisotopic (exact) mass is 434 g/mol. The Hall–Kier alpha value is -2.32. The first-order chi connectivity index (χ1) is 14.4. The minimum Gasteiger partial charge on any atom is -0.312 e. The van der Waals surface area contributed by atoms with Crippen LogP contribution in [0.4, 0.5) is 9.59 Å². The fourth-order valence-electron chi connectivity index (χ4n) is 4.42. The molecule has 0 aromatic heterocycles. The van der Waals surface area contributed by atoms with Gasteiger partial charge in [-0.2, -0.15) is 0 Å². The maximum Gasteiger partial charge on any atom is 0.434 e. The number of carbonyl (C=O) groups excluding carboxylic acids is 3. The summed E-state index contributed by atoms with van der Waals surface area (Å²) in [5.41, 5.74) is 0.260.